The maximum Gasteiger partial charge on any atom is 0.231 e. The lowest BCUT2D eigenvalue weighted by Gasteiger charge is -2.32. The number of hydrogen-bond donors (Lipinski definition) is 1. The molecule has 144 valence electrons. The molecule has 28 heavy (non-hydrogen) atoms. The normalized spacial score (nSPS) is 16.8. The molecule has 0 unspecified atom stereocenters. The maximum absolute atomic E-state index is 12.6. The van der Waals surface area contributed by atoms with Crippen molar-refractivity contribution in [3.8, 4) is 11.3 Å². The number of aryl methyl sites for hydroxylation is 1. The minimum Gasteiger partial charge on any atom is -0.354 e. The van der Waals surface area contributed by atoms with Crippen molar-refractivity contribution >= 4 is 39.8 Å². The molecule has 4 rings (SSSR count). The van der Waals surface area contributed by atoms with E-state index in [0.717, 1.165) is 42.2 Å². The molecule has 1 aliphatic heterocycles. The minimum atomic E-state index is -0.0873. The molecule has 0 radical (unpaired) electrons. The summed E-state index contributed by atoms with van der Waals surface area (Å²) in [6.07, 6.45) is 1.80. The average molecular weight is 414 g/mol. The lowest BCUT2D eigenvalue weighted by Crippen LogP contribution is -2.41. The number of amides is 1. The van der Waals surface area contributed by atoms with E-state index in [2.05, 4.69) is 25.4 Å². The molecule has 6 nitrogen and oxygen atoms in total. The van der Waals surface area contributed by atoms with Gasteiger partial charge >= 0.3 is 0 Å². The smallest absolute Gasteiger partial charge is 0.231 e. The van der Waals surface area contributed by atoms with Gasteiger partial charge in [0.25, 0.3) is 0 Å². The fourth-order valence-electron chi connectivity index (χ4n) is 3.29. The third-order valence-electron chi connectivity index (χ3n) is 4.76. The second-order valence-electron chi connectivity index (χ2n) is 6.85. The Kier molecular flexibility index (Phi) is 5.54. The second kappa shape index (κ2) is 8.24. The zero-order chi connectivity index (χ0) is 19.5. The van der Waals surface area contributed by atoms with Crippen LogP contribution in [0.15, 0.2) is 41.8 Å². The highest BCUT2D eigenvalue weighted by atomic mass is 35.5. The number of carbonyl (C=O) groups is 1. The van der Waals surface area contributed by atoms with Crippen LogP contribution in [0.3, 0.4) is 0 Å². The Labute approximate surface area is 172 Å². The molecule has 3 heterocycles. The Balaban J connectivity index is 1.42. The molecule has 2 aromatic heterocycles. The van der Waals surface area contributed by atoms with Crippen LogP contribution in [0.1, 0.15) is 18.5 Å². The Morgan fingerprint density at radius 1 is 1.21 bits per heavy atom. The summed E-state index contributed by atoms with van der Waals surface area (Å²) in [6, 6.07) is 11.4. The molecule has 8 heteroatoms. The number of rotatable bonds is 4. The van der Waals surface area contributed by atoms with E-state index < -0.39 is 0 Å². The van der Waals surface area contributed by atoms with E-state index in [-0.39, 0.29) is 11.8 Å². The average Bonchev–Trinajstić information content (AvgIpc) is 3.13. The van der Waals surface area contributed by atoms with Crippen molar-refractivity contribution < 1.29 is 4.79 Å². The van der Waals surface area contributed by atoms with Crippen LogP contribution >= 0.6 is 22.9 Å². The topological polar surface area (TPSA) is 71.0 Å². The van der Waals surface area contributed by atoms with E-state index in [9.17, 15) is 4.79 Å². The first kappa shape index (κ1) is 18.8. The van der Waals surface area contributed by atoms with E-state index in [0.29, 0.717) is 16.7 Å². The van der Waals surface area contributed by atoms with Crippen molar-refractivity contribution in [3.05, 3.63) is 52.5 Å². The largest absolute Gasteiger partial charge is 0.354 e. The summed E-state index contributed by atoms with van der Waals surface area (Å²) < 4.78 is 0. The second-order valence-corrected chi connectivity index (χ2v) is 8.15. The highest BCUT2D eigenvalue weighted by Gasteiger charge is 2.27. The maximum atomic E-state index is 12.6. The minimum absolute atomic E-state index is 0.0183. The van der Waals surface area contributed by atoms with Crippen LogP contribution < -0.4 is 10.2 Å². The van der Waals surface area contributed by atoms with Crippen LogP contribution in [0.2, 0.25) is 5.02 Å². The summed E-state index contributed by atoms with van der Waals surface area (Å²) in [7, 11) is 0. The number of halogens is 1. The Bertz CT molecular complexity index is 957. The molecular weight excluding hydrogens is 394 g/mol. The molecule has 1 N–H and O–H groups in total. The predicted octanol–water partition coefficient (Wildman–Crippen LogP) is 4.42. The molecule has 0 bridgehead atoms. The first-order chi connectivity index (χ1) is 13.6. The van der Waals surface area contributed by atoms with Crippen LogP contribution in [0.5, 0.6) is 0 Å². The molecule has 1 saturated heterocycles. The van der Waals surface area contributed by atoms with Crippen molar-refractivity contribution in [1.29, 1.82) is 0 Å². The number of thiazole rings is 1. The zero-order valence-corrected chi connectivity index (χ0v) is 17.0. The number of carbonyl (C=O) groups excluding carboxylic acids is 1. The van der Waals surface area contributed by atoms with Crippen LogP contribution in [-0.4, -0.2) is 34.2 Å². The summed E-state index contributed by atoms with van der Waals surface area (Å²) in [6.45, 7) is 3.42. The summed E-state index contributed by atoms with van der Waals surface area (Å²) in [5.74, 6) is 0.723. The number of anilines is 2. The third-order valence-corrected chi connectivity index (χ3v) is 5.88. The molecule has 1 aliphatic rings. The van der Waals surface area contributed by atoms with Gasteiger partial charge in [0.15, 0.2) is 10.9 Å². The number of nitrogens with one attached hydrogen (secondary N) is 1. The molecule has 1 aromatic carbocycles. The van der Waals surface area contributed by atoms with Gasteiger partial charge in [0.1, 0.15) is 0 Å². The van der Waals surface area contributed by atoms with Crippen LogP contribution in [0.25, 0.3) is 11.3 Å². The van der Waals surface area contributed by atoms with Crippen LogP contribution in [-0.2, 0) is 4.79 Å². The van der Waals surface area contributed by atoms with Crippen molar-refractivity contribution in [2.45, 2.75) is 19.8 Å². The summed E-state index contributed by atoms with van der Waals surface area (Å²) in [5, 5.41) is 15.0. The van der Waals surface area contributed by atoms with Gasteiger partial charge in [-0.15, -0.1) is 21.5 Å². The molecule has 1 fully saturated rings. The first-order valence-corrected chi connectivity index (χ1v) is 10.4. The molecule has 1 amide bonds. The van der Waals surface area contributed by atoms with E-state index in [1.165, 1.54) is 11.3 Å². The molecule has 3 aromatic rings. The Morgan fingerprint density at radius 2 is 2.04 bits per heavy atom. The quantitative estimate of drug-likeness (QED) is 0.685. The van der Waals surface area contributed by atoms with Crippen molar-refractivity contribution in [1.82, 2.24) is 15.2 Å². The van der Waals surface area contributed by atoms with Crippen LogP contribution in [0.4, 0.5) is 10.9 Å². The van der Waals surface area contributed by atoms with Crippen molar-refractivity contribution in [2.24, 2.45) is 5.92 Å². The van der Waals surface area contributed by atoms with Gasteiger partial charge in [-0.05, 0) is 44.0 Å². The number of piperidine rings is 1. The number of aromatic nitrogens is 3. The highest BCUT2D eigenvalue weighted by Crippen LogP contribution is 2.25. The lowest BCUT2D eigenvalue weighted by molar-refractivity contribution is -0.120. The molecule has 0 saturated carbocycles. The van der Waals surface area contributed by atoms with Gasteiger partial charge in [0.2, 0.25) is 5.91 Å². The van der Waals surface area contributed by atoms with Crippen LogP contribution in [0, 0.1) is 12.8 Å². The number of hydrogen-bond acceptors (Lipinski definition) is 6. The van der Waals surface area contributed by atoms with Crippen molar-refractivity contribution in [3.63, 3.8) is 0 Å². The number of benzene rings is 1. The predicted molar refractivity (Wildman–Crippen MR) is 113 cm³/mol. The molecule has 0 aliphatic carbocycles. The standard InChI is InChI=1S/C20H20ClN5OS/c1-13-12-28-20(22-13)23-19(27)15-3-2-10-26(11-15)18-9-8-17(24-25-18)14-4-6-16(21)7-5-14/h4-9,12,15H,2-3,10-11H2,1H3,(H,22,23,27)/t15-/m0/s1. The summed E-state index contributed by atoms with van der Waals surface area (Å²) in [4.78, 5) is 19.0. The third kappa shape index (κ3) is 4.31. The summed E-state index contributed by atoms with van der Waals surface area (Å²) >= 11 is 7.39. The van der Waals surface area contributed by atoms with Gasteiger partial charge in [-0.25, -0.2) is 4.98 Å². The fourth-order valence-corrected chi connectivity index (χ4v) is 4.10. The van der Waals surface area contributed by atoms with E-state index >= 15 is 0 Å². The fraction of sp³-hybridized carbons (Fsp3) is 0.300. The van der Waals surface area contributed by atoms with Crippen molar-refractivity contribution in [2.75, 3.05) is 23.3 Å². The van der Waals surface area contributed by atoms with E-state index in [1.807, 2.05) is 48.7 Å². The molecule has 0 spiro atoms. The van der Waals surface area contributed by atoms with Gasteiger partial charge in [0, 0.05) is 29.1 Å². The monoisotopic (exact) mass is 413 g/mol. The number of nitrogens with zero attached hydrogens (tertiary/aromatic N) is 4. The lowest BCUT2D eigenvalue weighted by atomic mass is 9.97. The van der Waals surface area contributed by atoms with Gasteiger partial charge < -0.3 is 10.2 Å². The van der Waals surface area contributed by atoms with Gasteiger partial charge in [0.05, 0.1) is 17.3 Å². The van der Waals surface area contributed by atoms with E-state index in [1.54, 1.807) is 0 Å². The molecular formula is C20H20ClN5OS. The highest BCUT2D eigenvalue weighted by molar-refractivity contribution is 7.13. The van der Waals surface area contributed by atoms with E-state index in [4.69, 9.17) is 11.6 Å². The van der Waals surface area contributed by atoms with Gasteiger partial charge in [-0.1, -0.05) is 23.7 Å². The molecule has 1 atom stereocenters. The van der Waals surface area contributed by atoms with Gasteiger partial charge in [-0.3, -0.25) is 4.79 Å². The SMILES string of the molecule is Cc1csc(NC(=O)[C@H]2CCCN(c3ccc(-c4ccc(Cl)cc4)nn3)C2)n1. The Hall–Kier alpha value is -2.51. The first-order valence-electron chi connectivity index (χ1n) is 9.16. The van der Waals surface area contributed by atoms with Gasteiger partial charge in [-0.2, -0.15) is 0 Å². The Morgan fingerprint density at radius 3 is 2.71 bits per heavy atom. The summed E-state index contributed by atoms with van der Waals surface area (Å²) in [5.41, 5.74) is 2.69. The zero-order valence-electron chi connectivity index (χ0n) is 15.4.